The van der Waals surface area contributed by atoms with Crippen molar-refractivity contribution in [3.8, 4) is 0 Å². The van der Waals surface area contributed by atoms with Gasteiger partial charge in [0, 0.05) is 11.8 Å². The van der Waals surface area contributed by atoms with Crippen molar-refractivity contribution in [1.82, 2.24) is 4.98 Å². The fourth-order valence-electron chi connectivity index (χ4n) is 2.80. The number of nitrogens with one attached hydrogen (secondary N) is 1. The van der Waals surface area contributed by atoms with Gasteiger partial charge in [0.1, 0.15) is 0 Å². The summed E-state index contributed by atoms with van der Waals surface area (Å²) in [7, 11) is 0. The summed E-state index contributed by atoms with van der Waals surface area (Å²) in [5.74, 6) is -0.768. The Kier molecular flexibility index (Phi) is 6.15. The van der Waals surface area contributed by atoms with Gasteiger partial charge in [-0.3, -0.25) is 10.2 Å². The molecule has 0 bridgehead atoms. The molecule has 5 nitrogen and oxygen atoms in total. The van der Waals surface area contributed by atoms with E-state index in [2.05, 4.69) is 10.5 Å². The van der Waals surface area contributed by atoms with Gasteiger partial charge in [0.15, 0.2) is 0 Å². The fourth-order valence-corrected chi connectivity index (χ4v) is 2.80. The third kappa shape index (κ3) is 5.38. The second-order valence-electron chi connectivity index (χ2n) is 6.53. The molecule has 138 valence electrons. The maximum atomic E-state index is 10.7. The number of hydrazone groups is 1. The Labute approximate surface area is 158 Å². The second-order valence-corrected chi connectivity index (χ2v) is 6.53. The first-order valence-electron chi connectivity index (χ1n) is 9.09. The number of hydrogen-bond acceptors (Lipinski definition) is 4. The maximum Gasteiger partial charge on any atom is 0.303 e. The number of benzene rings is 2. The Morgan fingerprint density at radius 1 is 1.00 bits per heavy atom. The highest BCUT2D eigenvalue weighted by Crippen LogP contribution is 2.16. The van der Waals surface area contributed by atoms with Gasteiger partial charge in [-0.2, -0.15) is 5.10 Å². The molecule has 5 heteroatoms. The number of fused-ring (bicyclic) bond motifs is 1. The molecule has 0 aliphatic rings. The van der Waals surface area contributed by atoms with E-state index in [0.717, 1.165) is 34.4 Å². The van der Waals surface area contributed by atoms with Crippen molar-refractivity contribution in [2.75, 3.05) is 5.43 Å². The summed E-state index contributed by atoms with van der Waals surface area (Å²) in [6, 6.07) is 20.0. The minimum Gasteiger partial charge on any atom is -0.481 e. The van der Waals surface area contributed by atoms with Gasteiger partial charge < -0.3 is 5.11 Å². The van der Waals surface area contributed by atoms with Crippen LogP contribution in [0.2, 0.25) is 0 Å². The van der Waals surface area contributed by atoms with E-state index in [4.69, 9.17) is 10.1 Å². The van der Waals surface area contributed by atoms with Crippen LogP contribution in [0.5, 0.6) is 0 Å². The van der Waals surface area contributed by atoms with E-state index in [1.54, 1.807) is 0 Å². The molecule has 0 aliphatic carbocycles. The predicted molar refractivity (Wildman–Crippen MR) is 109 cm³/mol. The SMILES string of the molecule is Cc1ccc(N/N=C(\CCCCC(=O)O)c2ccc3ccccc3n2)cc1. The number of anilines is 1. The monoisotopic (exact) mass is 361 g/mol. The lowest BCUT2D eigenvalue weighted by Gasteiger charge is -2.09. The van der Waals surface area contributed by atoms with Crippen LogP contribution in [0.4, 0.5) is 5.69 Å². The topological polar surface area (TPSA) is 74.6 Å². The van der Waals surface area contributed by atoms with Gasteiger partial charge in [0.2, 0.25) is 0 Å². The molecule has 2 aromatic carbocycles. The number of aryl methyl sites for hydroxylation is 1. The number of carbonyl (C=O) groups is 1. The van der Waals surface area contributed by atoms with Crippen molar-refractivity contribution < 1.29 is 9.90 Å². The lowest BCUT2D eigenvalue weighted by atomic mass is 10.1. The number of aliphatic carboxylic acids is 1. The third-order valence-electron chi connectivity index (χ3n) is 4.32. The molecule has 0 aliphatic heterocycles. The number of pyridine rings is 1. The molecule has 27 heavy (non-hydrogen) atoms. The molecule has 0 fully saturated rings. The largest absolute Gasteiger partial charge is 0.481 e. The number of unbranched alkanes of at least 4 members (excludes halogenated alkanes) is 1. The first-order chi connectivity index (χ1) is 13.1. The molecule has 0 amide bonds. The summed E-state index contributed by atoms with van der Waals surface area (Å²) in [4.78, 5) is 15.5. The van der Waals surface area contributed by atoms with E-state index < -0.39 is 5.97 Å². The number of hydrogen-bond donors (Lipinski definition) is 2. The van der Waals surface area contributed by atoms with E-state index in [-0.39, 0.29) is 6.42 Å². The molecule has 1 aromatic heterocycles. The zero-order valence-corrected chi connectivity index (χ0v) is 15.4. The molecule has 0 saturated carbocycles. The van der Waals surface area contributed by atoms with Gasteiger partial charge >= 0.3 is 5.97 Å². The van der Waals surface area contributed by atoms with Crippen molar-refractivity contribution in [3.63, 3.8) is 0 Å². The standard InChI is InChI=1S/C22H23N3O2/c1-16-10-13-18(14-11-16)24-25-21(8-4-5-9-22(26)27)20-15-12-17-6-2-3-7-19(17)23-20/h2-3,6-7,10-15,24H,4-5,8-9H2,1H3,(H,26,27)/b25-21+. The van der Waals surface area contributed by atoms with Gasteiger partial charge in [0.25, 0.3) is 0 Å². The summed E-state index contributed by atoms with van der Waals surface area (Å²) in [6.07, 6.45) is 2.20. The highest BCUT2D eigenvalue weighted by molar-refractivity contribution is 6.00. The van der Waals surface area contributed by atoms with Gasteiger partial charge in [-0.1, -0.05) is 42.0 Å². The fraction of sp³-hybridized carbons (Fsp3) is 0.227. The number of carboxylic acid groups (broad SMARTS) is 1. The Morgan fingerprint density at radius 2 is 1.74 bits per heavy atom. The molecule has 0 saturated heterocycles. The van der Waals surface area contributed by atoms with Crippen LogP contribution in [0.15, 0.2) is 65.8 Å². The van der Waals surface area contributed by atoms with E-state index >= 15 is 0 Å². The summed E-state index contributed by atoms with van der Waals surface area (Å²) < 4.78 is 0. The quantitative estimate of drug-likeness (QED) is 0.336. The number of carboxylic acids is 1. The Morgan fingerprint density at radius 3 is 2.52 bits per heavy atom. The van der Waals surface area contributed by atoms with Crippen LogP contribution in [-0.2, 0) is 4.79 Å². The molecule has 3 rings (SSSR count). The number of aromatic nitrogens is 1. The van der Waals surface area contributed by atoms with E-state index in [0.29, 0.717) is 12.8 Å². The van der Waals surface area contributed by atoms with Crippen LogP contribution in [-0.4, -0.2) is 21.8 Å². The first-order valence-corrected chi connectivity index (χ1v) is 9.09. The molecule has 3 aromatic rings. The summed E-state index contributed by atoms with van der Waals surface area (Å²) in [5, 5.41) is 14.5. The highest BCUT2D eigenvalue weighted by atomic mass is 16.4. The van der Waals surface area contributed by atoms with Crippen molar-refractivity contribution >= 4 is 28.3 Å². The zero-order valence-electron chi connectivity index (χ0n) is 15.4. The number of nitrogens with zero attached hydrogens (tertiary/aromatic N) is 2. The molecule has 2 N–H and O–H groups in total. The van der Waals surface area contributed by atoms with Gasteiger partial charge in [-0.05, 0) is 50.5 Å². The molecule has 0 radical (unpaired) electrons. The van der Waals surface area contributed by atoms with Crippen molar-refractivity contribution in [2.45, 2.75) is 32.6 Å². The molecule has 0 atom stereocenters. The highest BCUT2D eigenvalue weighted by Gasteiger charge is 2.08. The van der Waals surface area contributed by atoms with E-state index in [1.807, 2.05) is 67.6 Å². The molecule has 0 spiro atoms. The van der Waals surface area contributed by atoms with Crippen molar-refractivity contribution in [3.05, 3.63) is 71.9 Å². The van der Waals surface area contributed by atoms with Crippen LogP contribution >= 0.6 is 0 Å². The second kappa shape index (κ2) is 8.94. The molecule has 0 unspecified atom stereocenters. The van der Waals surface area contributed by atoms with Gasteiger partial charge in [0.05, 0.1) is 22.6 Å². The Bertz CT molecular complexity index is 949. The van der Waals surface area contributed by atoms with Crippen LogP contribution < -0.4 is 5.43 Å². The van der Waals surface area contributed by atoms with Crippen molar-refractivity contribution in [2.24, 2.45) is 5.10 Å². The van der Waals surface area contributed by atoms with Gasteiger partial charge in [-0.15, -0.1) is 0 Å². The Balaban J connectivity index is 1.81. The molecular weight excluding hydrogens is 338 g/mol. The summed E-state index contributed by atoms with van der Waals surface area (Å²) in [6.45, 7) is 2.04. The minimum absolute atomic E-state index is 0.170. The van der Waals surface area contributed by atoms with E-state index in [1.165, 1.54) is 5.56 Å². The normalized spacial score (nSPS) is 11.5. The van der Waals surface area contributed by atoms with Crippen LogP contribution in [0.25, 0.3) is 10.9 Å². The Hall–Kier alpha value is -3.21. The summed E-state index contributed by atoms with van der Waals surface area (Å²) in [5.41, 5.74) is 7.75. The summed E-state index contributed by atoms with van der Waals surface area (Å²) >= 11 is 0. The average Bonchev–Trinajstić information content (AvgIpc) is 2.68. The average molecular weight is 361 g/mol. The zero-order chi connectivity index (χ0) is 19.1. The van der Waals surface area contributed by atoms with Gasteiger partial charge in [-0.25, -0.2) is 4.98 Å². The smallest absolute Gasteiger partial charge is 0.303 e. The first kappa shape index (κ1) is 18.6. The molecule has 1 heterocycles. The lowest BCUT2D eigenvalue weighted by molar-refractivity contribution is -0.137. The van der Waals surface area contributed by atoms with Crippen LogP contribution in [0.1, 0.15) is 36.9 Å². The number of para-hydroxylation sites is 1. The lowest BCUT2D eigenvalue weighted by Crippen LogP contribution is -2.08. The van der Waals surface area contributed by atoms with Crippen LogP contribution in [0.3, 0.4) is 0 Å². The minimum atomic E-state index is -0.768. The maximum absolute atomic E-state index is 10.7. The van der Waals surface area contributed by atoms with Crippen LogP contribution in [0, 0.1) is 6.92 Å². The van der Waals surface area contributed by atoms with Crippen molar-refractivity contribution in [1.29, 1.82) is 0 Å². The molecular formula is C22H23N3O2. The third-order valence-corrected chi connectivity index (χ3v) is 4.32. The predicted octanol–water partition coefficient (Wildman–Crippen LogP) is 5.00. The number of rotatable bonds is 8. The van der Waals surface area contributed by atoms with E-state index in [9.17, 15) is 4.79 Å².